The topological polar surface area (TPSA) is 99.2 Å². The van der Waals surface area contributed by atoms with E-state index in [4.69, 9.17) is 9.15 Å². The fourth-order valence-corrected chi connectivity index (χ4v) is 4.53. The summed E-state index contributed by atoms with van der Waals surface area (Å²) in [4.78, 5) is 33.8. The number of carbonyl (C=O) groups is 2. The number of anilines is 1. The first-order valence-corrected chi connectivity index (χ1v) is 12.8. The molecule has 0 aliphatic rings. The van der Waals surface area contributed by atoms with Gasteiger partial charge in [-0.15, -0.1) is 11.3 Å². The van der Waals surface area contributed by atoms with Crippen molar-refractivity contribution in [3.63, 3.8) is 0 Å². The zero-order valence-corrected chi connectivity index (χ0v) is 22.2. The Morgan fingerprint density at radius 3 is 2.34 bits per heavy atom. The van der Waals surface area contributed by atoms with Gasteiger partial charge < -0.3 is 9.15 Å². The number of imidazole rings is 1. The van der Waals surface area contributed by atoms with E-state index in [1.807, 2.05) is 74.9 Å². The van der Waals surface area contributed by atoms with Crippen LogP contribution in [0.1, 0.15) is 42.5 Å². The highest BCUT2D eigenvalue weighted by Gasteiger charge is 2.17. The molecule has 0 atom stereocenters. The maximum absolute atomic E-state index is 13.1. The molecule has 0 aliphatic carbocycles. The number of rotatable bonds is 6. The third-order valence-electron chi connectivity index (χ3n) is 5.50. The summed E-state index contributed by atoms with van der Waals surface area (Å²) in [7, 11) is 0. The minimum atomic E-state index is -0.573. The number of ether oxygens (including phenoxy) is 1. The quantitative estimate of drug-likeness (QED) is 0.236. The Morgan fingerprint density at radius 1 is 0.974 bits per heavy atom. The van der Waals surface area contributed by atoms with Crippen molar-refractivity contribution in [1.29, 1.82) is 0 Å². The average Bonchev–Trinajstić information content (AvgIpc) is 3.64. The monoisotopic (exact) mass is 526 g/mol. The molecule has 2 aromatic carbocycles. The second kappa shape index (κ2) is 10.1. The van der Waals surface area contributed by atoms with Crippen molar-refractivity contribution in [3.05, 3.63) is 95.5 Å². The van der Waals surface area contributed by atoms with E-state index in [1.54, 1.807) is 36.0 Å². The van der Waals surface area contributed by atoms with Crippen LogP contribution in [0.3, 0.4) is 0 Å². The zero-order chi connectivity index (χ0) is 26.9. The van der Waals surface area contributed by atoms with E-state index in [9.17, 15) is 9.59 Å². The average molecular weight is 527 g/mol. The van der Waals surface area contributed by atoms with Gasteiger partial charge in [-0.25, -0.2) is 14.8 Å². The molecule has 0 fully saturated rings. The van der Waals surface area contributed by atoms with Crippen LogP contribution >= 0.6 is 11.3 Å². The Kier molecular flexibility index (Phi) is 6.69. The lowest BCUT2D eigenvalue weighted by atomic mass is 10.1. The summed E-state index contributed by atoms with van der Waals surface area (Å²) in [6, 6.07) is 18.3. The van der Waals surface area contributed by atoms with Crippen LogP contribution in [0.5, 0.6) is 0 Å². The number of carbonyl (C=O) groups excluding carboxylic acids is 2. The zero-order valence-electron chi connectivity index (χ0n) is 21.4. The molecule has 0 spiro atoms. The van der Waals surface area contributed by atoms with E-state index in [1.165, 1.54) is 11.3 Å². The minimum Gasteiger partial charge on any atom is -0.444 e. The highest BCUT2D eigenvalue weighted by molar-refractivity contribution is 7.13. The number of furan rings is 1. The predicted molar refractivity (Wildman–Crippen MR) is 147 cm³/mol. The molecule has 3 heterocycles. The smallest absolute Gasteiger partial charge is 0.412 e. The number of aromatic nitrogens is 3. The first kappa shape index (κ1) is 25.2. The molecule has 5 aromatic rings. The van der Waals surface area contributed by atoms with Crippen molar-refractivity contribution in [2.45, 2.75) is 33.3 Å². The predicted octanol–water partition coefficient (Wildman–Crippen LogP) is 7.14. The summed E-state index contributed by atoms with van der Waals surface area (Å²) >= 11 is 1.39. The largest absolute Gasteiger partial charge is 0.444 e. The van der Waals surface area contributed by atoms with Gasteiger partial charge in [-0.1, -0.05) is 24.3 Å². The normalized spacial score (nSPS) is 11.4. The number of aryl methyl sites for hydroxylation is 1. The van der Waals surface area contributed by atoms with Crippen LogP contribution < -0.4 is 5.32 Å². The molecule has 0 unspecified atom stereocenters. The molecule has 1 amide bonds. The van der Waals surface area contributed by atoms with Crippen molar-refractivity contribution >= 4 is 28.9 Å². The van der Waals surface area contributed by atoms with Crippen LogP contribution in [0.25, 0.3) is 27.8 Å². The molecule has 0 radical (unpaired) electrons. The van der Waals surface area contributed by atoms with Crippen molar-refractivity contribution in [2.24, 2.45) is 0 Å². The third-order valence-corrected chi connectivity index (χ3v) is 6.39. The van der Waals surface area contributed by atoms with E-state index in [0.29, 0.717) is 33.6 Å². The third kappa shape index (κ3) is 5.73. The fraction of sp³-hybridized carbons (Fsp3) is 0.172. The molecule has 9 heteroatoms. The van der Waals surface area contributed by atoms with Crippen LogP contribution in [-0.4, -0.2) is 32.0 Å². The molecule has 38 heavy (non-hydrogen) atoms. The van der Waals surface area contributed by atoms with Gasteiger partial charge in [0.25, 0.3) is 0 Å². The molecule has 0 aliphatic heterocycles. The van der Waals surface area contributed by atoms with Crippen LogP contribution in [0.4, 0.5) is 10.5 Å². The summed E-state index contributed by atoms with van der Waals surface area (Å²) in [5.41, 5.74) is 3.58. The molecule has 0 bridgehead atoms. The van der Waals surface area contributed by atoms with Gasteiger partial charge in [-0.05, 0) is 58.0 Å². The highest BCUT2D eigenvalue weighted by atomic mass is 32.1. The van der Waals surface area contributed by atoms with Gasteiger partial charge in [0, 0.05) is 40.0 Å². The minimum absolute atomic E-state index is 0.156. The molecular formula is C29H26N4O4S. The van der Waals surface area contributed by atoms with E-state index in [2.05, 4.69) is 15.3 Å². The lowest BCUT2D eigenvalue weighted by molar-refractivity contribution is 0.0635. The summed E-state index contributed by atoms with van der Waals surface area (Å²) in [6.07, 6.45) is 3.08. The number of benzene rings is 2. The van der Waals surface area contributed by atoms with Gasteiger partial charge >= 0.3 is 6.09 Å². The van der Waals surface area contributed by atoms with E-state index >= 15 is 0 Å². The lowest BCUT2D eigenvalue weighted by Gasteiger charge is -2.19. The summed E-state index contributed by atoms with van der Waals surface area (Å²) < 4.78 is 13.1. The SMILES string of the molecule is Cc1cn(-c2ccc(-c3ccc(C(=O)c4csc(-c5ccc(NC(=O)OC(C)(C)C)cc5)n4)cc3)o2)cn1. The van der Waals surface area contributed by atoms with E-state index in [0.717, 1.165) is 16.8 Å². The van der Waals surface area contributed by atoms with Crippen LogP contribution in [0, 0.1) is 6.92 Å². The second-order valence-corrected chi connectivity index (χ2v) is 10.6. The molecular weight excluding hydrogens is 500 g/mol. The number of nitrogens with one attached hydrogen (secondary N) is 1. The van der Waals surface area contributed by atoms with Gasteiger partial charge in [0.2, 0.25) is 11.7 Å². The Labute approximate surface area is 223 Å². The Bertz CT molecular complexity index is 1590. The Morgan fingerprint density at radius 2 is 1.68 bits per heavy atom. The maximum Gasteiger partial charge on any atom is 0.412 e. The number of amides is 1. The van der Waals surface area contributed by atoms with Gasteiger partial charge in [0.1, 0.15) is 28.4 Å². The van der Waals surface area contributed by atoms with Gasteiger partial charge in [-0.2, -0.15) is 0 Å². The van der Waals surface area contributed by atoms with Crippen LogP contribution in [-0.2, 0) is 4.74 Å². The van der Waals surface area contributed by atoms with Crippen molar-refractivity contribution in [1.82, 2.24) is 14.5 Å². The van der Waals surface area contributed by atoms with Crippen molar-refractivity contribution < 1.29 is 18.7 Å². The van der Waals surface area contributed by atoms with Crippen LogP contribution in [0.15, 0.2) is 83.0 Å². The number of hydrogen-bond donors (Lipinski definition) is 1. The first-order chi connectivity index (χ1) is 18.1. The number of hydrogen-bond acceptors (Lipinski definition) is 7. The van der Waals surface area contributed by atoms with Crippen LogP contribution in [0.2, 0.25) is 0 Å². The van der Waals surface area contributed by atoms with Gasteiger partial charge in [-0.3, -0.25) is 14.7 Å². The Balaban J connectivity index is 1.25. The number of ketones is 1. The summed E-state index contributed by atoms with van der Waals surface area (Å²) in [6.45, 7) is 7.35. The maximum atomic E-state index is 13.1. The fourth-order valence-electron chi connectivity index (χ4n) is 3.73. The molecule has 5 rings (SSSR count). The summed E-state index contributed by atoms with van der Waals surface area (Å²) in [5.74, 6) is 1.21. The number of nitrogens with zero attached hydrogens (tertiary/aromatic N) is 3. The molecule has 192 valence electrons. The standard InChI is InChI=1S/C29H26N4O4S/c1-18-15-33(17-30-18)25-14-13-24(36-25)19-5-7-20(8-6-19)26(34)23-16-38-27(32-23)21-9-11-22(12-10-21)31-28(35)37-29(2,3)4/h5-17H,1-4H3,(H,31,35). The summed E-state index contributed by atoms with van der Waals surface area (Å²) in [5, 5.41) is 5.17. The second-order valence-electron chi connectivity index (χ2n) is 9.71. The molecule has 0 saturated carbocycles. The molecule has 8 nitrogen and oxygen atoms in total. The van der Waals surface area contributed by atoms with Crippen molar-refractivity contribution in [3.8, 4) is 27.8 Å². The first-order valence-electron chi connectivity index (χ1n) is 12.0. The van der Waals surface area contributed by atoms with Crippen molar-refractivity contribution in [2.75, 3.05) is 5.32 Å². The molecule has 1 N–H and O–H groups in total. The van der Waals surface area contributed by atoms with Gasteiger partial charge in [0.15, 0.2) is 0 Å². The Hall–Kier alpha value is -4.50. The molecule has 0 saturated heterocycles. The van der Waals surface area contributed by atoms with E-state index in [-0.39, 0.29) is 5.78 Å². The number of thiazole rings is 1. The molecule has 3 aromatic heterocycles. The lowest BCUT2D eigenvalue weighted by Crippen LogP contribution is -2.27. The van der Waals surface area contributed by atoms with E-state index < -0.39 is 11.7 Å². The highest BCUT2D eigenvalue weighted by Crippen LogP contribution is 2.28. The van der Waals surface area contributed by atoms with Gasteiger partial charge in [0.05, 0.1) is 5.69 Å².